The average molecular weight is 380 g/mol. The van der Waals surface area contributed by atoms with Crippen molar-refractivity contribution in [3.63, 3.8) is 0 Å². The van der Waals surface area contributed by atoms with Gasteiger partial charge in [0.15, 0.2) is 0 Å². The van der Waals surface area contributed by atoms with Crippen LogP contribution >= 0.6 is 0 Å². The average Bonchev–Trinajstić information content (AvgIpc) is 2.64. The Labute approximate surface area is 159 Å². The van der Waals surface area contributed by atoms with Crippen molar-refractivity contribution in [2.45, 2.75) is 18.7 Å². The summed E-state index contributed by atoms with van der Waals surface area (Å²) in [6, 6.07) is 20.5. The van der Waals surface area contributed by atoms with E-state index in [2.05, 4.69) is 10.0 Å². The number of carbonyl (C=O) groups excluding carboxylic acids is 1. The lowest BCUT2D eigenvalue weighted by Gasteiger charge is -2.10. The number of carbonyl (C=O) groups is 1. The van der Waals surface area contributed by atoms with Crippen molar-refractivity contribution in [1.29, 1.82) is 0 Å². The molecule has 0 aliphatic heterocycles. The van der Waals surface area contributed by atoms with Gasteiger partial charge in [0.25, 0.3) is 15.9 Å². The van der Waals surface area contributed by atoms with E-state index in [0.717, 1.165) is 11.1 Å². The van der Waals surface area contributed by atoms with Crippen LogP contribution in [0.3, 0.4) is 0 Å². The Balaban J connectivity index is 1.71. The van der Waals surface area contributed by atoms with E-state index in [9.17, 15) is 13.2 Å². The maximum Gasteiger partial charge on any atom is 0.261 e. The third-order valence-electron chi connectivity index (χ3n) is 4.12. The van der Waals surface area contributed by atoms with Gasteiger partial charge in [0, 0.05) is 16.9 Å². The molecule has 3 aromatic rings. The van der Waals surface area contributed by atoms with Gasteiger partial charge in [-0.15, -0.1) is 0 Å². The molecule has 138 valence electrons. The minimum absolute atomic E-state index is 0.199. The molecule has 0 radical (unpaired) electrons. The first-order valence-electron chi connectivity index (χ1n) is 8.42. The number of benzene rings is 3. The molecule has 6 heteroatoms. The van der Waals surface area contributed by atoms with Crippen molar-refractivity contribution in [2.75, 3.05) is 10.0 Å². The second-order valence-electron chi connectivity index (χ2n) is 6.26. The number of rotatable bonds is 5. The van der Waals surface area contributed by atoms with Crippen molar-refractivity contribution >= 4 is 27.3 Å². The number of aryl methyl sites for hydroxylation is 2. The van der Waals surface area contributed by atoms with Crippen LogP contribution in [-0.4, -0.2) is 14.3 Å². The molecule has 0 atom stereocenters. The molecule has 0 aliphatic carbocycles. The zero-order valence-electron chi connectivity index (χ0n) is 15.1. The van der Waals surface area contributed by atoms with Gasteiger partial charge in [-0.25, -0.2) is 8.42 Å². The lowest BCUT2D eigenvalue weighted by Crippen LogP contribution is -2.14. The summed E-state index contributed by atoms with van der Waals surface area (Å²) in [5, 5.41) is 2.81. The van der Waals surface area contributed by atoms with Gasteiger partial charge in [0.2, 0.25) is 0 Å². The van der Waals surface area contributed by atoms with Gasteiger partial charge >= 0.3 is 0 Å². The van der Waals surface area contributed by atoms with Gasteiger partial charge in [0.1, 0.15) is 0 Å². The monoisotopic (exact) mass is 380 g/mol. The van der Waals surface area contributed by atoms with Crippen molar-refractivity contribution < 1.29 is 13.2 Å². The summed E-state index contributed by atoms with van der Waals surface area (Å²) in [7, 11) is -3.65. The highest BCUT2D eigenvalue weighted by Gasteiger charge is 2.14. The molecule has 3 rings (SSSR count). The molecule has 0 saturated heterocycles. The van der Waals surface area contributed by atoms with Gasteiger partial charge < -0.3 is 5.32 Å². The quantitative estimate of drug-likeness (QED) is 0.691. The molecule has 3 aromatic carbocycles. The molecule has 0 bridgehead atoms. The Hall–Kier alpha value is -3.12. The Morgan fingerprint density at radius 1 is 0.778 bits per heavy atom. The van der Waals surface area contributed by atoms with E-state index in [1.807, 2.05) is 32.0 Å². The third kappa shape index (κ3) is 4.54. The Morgan fingerprint density at radius 2 is 1.37 bits per heavy atom. The molecule has 2 N–H and O–H groups in total. The fourth-order valence-corrected chi connectivity index (χ4v) is 3.64. The number of anilines is 2. The highest BCUT2D eigenvalue weighted by Crippen LogP contribution is 2.19. The number of amides is 1. The normalized spacial score (nSPS) is 11.0. The molecular weight excluding hydrogens is 360 g/mol. The van der Waals surface area contributed by atoms with Crippen molar-refractivity contribution in [2.24, 2.45) is 0 Å². The number of hydrogen-bond donors (Lipinski definition) is 2. The van der Waals surface area contributed by atoms with E-state index < -0.39 is 10.0 Å². The van der Waals surface area contributed by atoms with Gasteiger partial charge in [-0.2, -0.15) is 0 Å². The van der Waals surface area contributed by atoms with Crippen LogP contribution in [0.5, 0.6) is 0 Å². The number of hydrogen-bond acceptors (Lipinski definition) is 3. The first-order chi connectivity index (χ1) is 12.8. The zero-order valence-corrected chi connectivity index (χ0v) is 15.9. The van der Waals surface area contributed by atoms with E-state index in [1.165, 1.54) is 0 Å². The first kappa shape index (κ1) is 18.7. The fourth-order valence-electron chi connectivity index (χ4n) is 2.58. The van der Waals surface area contributed by atoms with Crippen LogP contribution in [0.4, 0.5) is 11.4 Å². The van der Waals surface area contributed by atoms with Crippen LogP contribution in [0.1, 0.15) is 21.5 Å². The lowest BCUT2D eigenvalue weighted by atomic mass is 10.1. The van der Waals surface area contributed by atoms with E-state index in [1.54, 1.807) is 54.6 Å². The SMILES string of the molecule is Cc1ccc(S(=O)(=O)Nc2ccc(NC(=O)c3ccccc3C)cc2)cc1. The van der Waals surface area contributed by atoms with Crippen LogP contribution in [-0.2, 0) is 10.0 Å². The maximum atomic E-state index is 12.4. The van der Waals surface area contributed by atoms with E-state index in [0.29, 0.717) is 16.9 Å². The molecule has 27 heavy (non-hydrogen) atoms. The molecule has 0 saturated carbocycles. The van der Waals surface area contributed by atoms with Crippen LogP contribution in [0.25, 0.3) is 0 Å². The summed E-state index contributed by atoms with van der Waals surface area (Å²) in [6.45, 7) is 3.77. The van der Waals surface area contributed by atoms with E-state index in [4.69, 9.17) is 0 Å². The van der Waals surface area contributed by atoms with E-state index >= 15 is 0 Å². The summed E-state index contributed by atoms with van der Waals surface area (Å²) in [5.74, 6) is -0.207. The standard InChI is InChI=1S/C21H20N2O3S/c1-15-7-13-19(14-8-15)27(25,26)23-18-11-9-17(10-12-18)22-21(24)20-6-4-3-5-16(20)2/h3-14,23H,1-2H3,(H,22,24). The second kappa shape index (κ2) is 7.63. The smallest absolute Gasteiger partial charge is 0.261 e. The number of sulfonamides is 1. The first-order valence-corrected chi connectivity index (χ1v) is 9.90. The minimum Gasteiger partial charge on any atom is -0.322 e. The second-order valence-corrected chi connectivity index (χ2v) is 7.95. The summed E-state index contributed by atoms with van der Waals surface area (Å²) in [4.78, 5) is 12.5. The highest BCUT2D eigenvalue weighted by molar-refractivity contribution is 7.92. The Kier molecular flexibility index (Phi) is 5.28. The fraction of sp³-hybridized carbons (Fsp3) is 0.0952. The number of nitrogens with one attached hydrogen (secondary N) is 2. The molecular formula is C21H20N2O3S. The zero-order chi connectivity index (χ0) is 19.4. The van der Waals surface area contributed by atoms with Crippen LogP contribution in [0, 0.1) is 13.8 Å². The van der Waals surface area contributed by atoms with Crippen LogP contribution < -0.4 is 10.0 Å². The summed E-state index contributed by atoms with van der Waals surface area (Å²) < 4.78 is 27.4. The topological polar surface area (TPSA) is 75.3 Å². The molecule has 0 unspecified atom stereocenters. The van der Waals surface area contributed by atoms with Crippen molar-refractivity contribution in [3.05, 3.63) is 89.5 Å². The lowest BCUT2D eigenvalue weighted by molar-refractivity contribution is 0.102. The molecule has 0 aromatic heterocycles. The maximum absolute atomic E-state index is 12.4. The van der Waals surface area contributed by atoms with Gasteiger partial charge in [-0.1, -0.05) is 35.9 Å². The third-order valence-corrected chi connectivity index (χ3v) is 5.51. The largest absolute Gasteiger partial charge is 0.322 e. The molecule has 5 nitrogen and oxygen atoms in total. The molecule has 0 spiro atoms. The van der Waals surface area contributed by atoms with Crippen molar-refractivity contribution in [3.8, 4) is 0 Å². The highest BCUT2D eigenvalue weighted by atomic mass is 32.2. The molecule has 0 fully saturated rings. The summed E-state index contributed by atoms with van der Waals surface area (Å²) in [6.07, 6.45) is 0. The van der Waals surface area contributed by atoms with Gasteiger partial charge in [0.05, 0.1) is 4.90 Å². The predicted molar refractivity (Wildman–Crippen MR) is 108 cm³/mol. The van der Waals surface area contributed by atoms with E-state index in [-0.39, 0.29) is 10.8 Å². The molecule has 0 heterocycles. The van der Waals surface area contributed by atoms with Crippen molar-refractivity contribution in [1.82, 2.24) is 0 Å². The van der Waals surface area contributed by atoms with Gasteiger partial charge in [-0.05, 0) is 61.9 Å². The summed E-state index contributed by atoms with van der Waals surface area (Å²) >= 11 is 0. The molecule has 1 amide bonds. The molecule has 0 aliphatic rings. The minimum atomic E-state index is -3.65. The van der Waals surface area contributed by atoms with Crippen LogP contribution in [0.2, 0.25) is 0 Å². The Morgan fingerprint density at radius 3 is 2.00 bits per heavy atom. The Bertz CT molecular complexity index is 1060. The summed E-state index contributed by atoms with van der Waals surface area (Å²) in [5.41, 5.74) is 3.48. The predicted octanol–water partition coefficient (Wildman–Crippen LogP) is 4.36. The van der Waals surface area contributed by atoms with Gasteiger partial charge in [-0.3, -0.25) is 9.52 Å². The van der Waals surface area contributed by atoms with Crippen LogP contribution in [0.15, 0.2) is 77.7 Å².